The van der Waals surface area contributed by atoms with Gasteiger partial charge in [0.1, 0.15) is 0 Å². The second-order valence-corrected chi connectivity index (χ2v) is 14.6. The number of allylic oxidation sites excluding steroid dienone is 1. The summed E-state index contributed by atoms with van der Waals surface area (Å²) < 4.78 is 0. The zero-order chi connectivity index (χ0) is 42.4. The molecule has 0 radical (unpaired) electrons. The Balaban J connectivity index is 1.04. The highest BCUT2D eigenvalue weighted by molar-refractivity contribution is 6.13. The molecule has 0 aliphatic rings. The summed E-state index contributed by atoms with van der Waals surface area (Å²) in [6.07, 6.45) is 2.02. The molecule has 0 aromatic heterocycles. The number of nitrogens with zero attached hydrogens (tertiary/aromatic N) is 5. The van der Waals surface area contributed by atoms with Gasteiger partial charge in [0.2, 0.25) is 0 Å². The van der Waals surface area contributed by atoms with Crippen LogP contribution in [-0.2, 0) is 13.1 Å². The van der Waals surface area contributed by atoms with Crippen molar-refractivity contribution in [2.24, 2.45) is 25.0 Å². The Morgan fingerprint density at radius 2 is 0.742 bits per heavy atom. The van der Waals surface area contributed by atoms with E-state index < -0.39 is 0 Å². The molecule has 0 saturated heterocycles. The molecular formula is C57H45N5. The van der Waals surface area contributed by atoms with Crippen LogP contribution in [0.5, 0.6) is 0 Å². The van der Waals surface area contributed by atoms with E-state index in [1.165, 1.54) is 5.56 Å². The van der Waals surface area contributed by atoms with E-state index in [1.807, 2.05) is 115 Å². The summed E-state index contributed by atoms with van der Waals surface area (Å²) in [7, 11) is 0. The van der Waals surface area contributed by atoms with Crippen LogP contribution < -0.4 is 0 Å². The first-order valence-electron chi connectivity index (χ1n) is 20.6. The largest absolute Gasteiger partial charge is 0.280 e. The summed E-state index contributed by atoms with van der Waals surface area (Å²) in [5, 5.41) is 0. The average molecular weight is 800 g/mol. The summed E-state index contributed by atoms with van der Waals surface area (Å²) in [5.74, 6) is 1.14. The fourth-order valence-corrected chi connectivity index (χ4v) is 7.31. The summed E-state index contributed by atoms with van der Waals surface area (Å²) in [6.45, 7) is 8.62. The van der Waals surface area contributed by atoms with E-state index in [0.29, 0.717) is 24.8 Å². The third kappa shape index (κ3) is 9.99. The van der Waals surface area contributed by atoms with Crippen LogP contribution in [0.1, 0.15) is 33.4 Å². The van der Waals surface area contributed by atoms with Gasteiger partial charge < -0.3 is 0 Å². The minimum absolute atomic E-state index is 0.462. The van der Waals surface area contributed by atoms with Crippen LogP contribution in [0.15, 0.2) is 249 Å². The van der Waals surface area contributed by atoms with Crippen molar-refractivity contribution in [3.05, 3.63) is 258 Å². The van der Waals surface area contributed by atoms with Gasteiger partial charge in [-0.15, -0.1) is 0 Å². The molecule has 0 atom stereocenters. The zero-order valence-corrected chi connectivity index (χ0v) is 34.4. The fourth-order valence-electron chi connectivity index (χ4n) is 7.31. The molecule has 0 aliphatic heterocycles. The number of amidine groups is 2. The van der Waals surface area contributed by atoms with Crippen LogP contribution in [0.4, 0.5) is 0 Å². The number of aliphatic imine (C=N–C) groups is 5. The van der Waals surface area contributed by atoms with Crippen molar-refractivity contribution in [1.29, 1.82) is 0 Å². The third-order valence-electron chi connectivity index (χ3n) is 10.5. The summed E-state index contributed by atoms with van der Waals surface area (Å²) in [5.41, 5.74) is 14.6. The molecule has 5 heteroatoms. The molecule has 0 bridgehead atoms. The summed E-state index contributed by atoms with van der Waals surface area (Å²) in [4.78, 5) is 23.5. The first-order chi connectivity index (χ1) is 30.7. The molecule has 0 spiro atoms. The van der Waals surface area contributed by atoms with E-state index in [9.17, 15) is 0 Å². The molecule has 5 nitrogen and oxygen atoms in total. The summed E-state index contributed by atoms with van der Waals surface area (Å²) >= 11 is 0. The maximum absolute atomic E-state index is 5.09. The highest BCUT2D eigenvalue weighted by Gasteiger charge is 2.13. The lowest BCUT2D eigenvalue weighted by Crippen LogP contribution is -2.05. The van der Waals surface area contributed by atoms with Crippen LogP contribution in [0, 0.1) is 0 Å². The molecule has 0 heterocycles. The first kappa shape index (κ1) is 40.6. The minimum atomic E-state index is 0.462. The maximum atomic E-state index is 5.09. The van der Waals surface area contributed by atoms with E-state index in [1.54, 1.807) is 0 Å². The molecule has 0 amide bonds. The van der Waals surface area contributed by atoms with Crippen molar-refractivity contribution >= 4 is 36.5 Å². The maximum Gasteiger partial charge on any atom is 0.161 e. The van der Waals surface area contributed by atoms with E-state index in [2.05, 4.69) is 133 Å². The minimum Gasteiger partial charge on any atom is -0.280 e. The predicted molar refractivity (Wildman–Crippen MR) is 263 cm³/mol. The third-order valence-corrected chi connectivity index (χ3v) is 10.5. The Morgan fingerprint density at radius 3 is 1.19 bits per heavy atom. The van der Waals surface area contributed by atoms with Crippen LogP contribution in [0.25, 0.3) is 39.1 Å². The second kappa shape index (κ2) is 20.2. The fraction of sp³-hybridized carbons (Fsp3) is 0.0351. The molecule has 0 fully saturated rings. The van der Waals surface area contributed by atoms with Crippen molar-refractivity contribution in [3.8, 4) is 33.4 Å². The Morgan fingerprint density at radius 1 is 0.355 bits per heavy atom. The molecule has 0 unspecified atom stereocenters. The van der Waals surface area contributed by atoms with E-state index in [4.69, 9.17) is 15.0 Å². The van der Waals surface area contributed by atoms with Gasteiger partial charge in [0, 0.05) is 16.7 Å². The zero-order valence-electron chi connectivity index (χ0n) is 34.4. The van der Waals surface area contributed by atoms with Crippen molar-refractivity contribution in [2.75, 3.05) is 0 Å². The average Bonchev–Trinajstić information content (AvgIpc) is 3.35. The van der Waals surface area contributed by atoms with Crippen LogP contribution in [-0.4, -0.2) is 30.8 Å². The molecule has 8 rings (SSSR count). The van der Waals surface area contributed by atoms with E-state index >= 15 is 0 Å². The molecule has 0 aliphatic carbocycles. The topological polar surface area (TPSA) is 61.8 Å². The van der Waals surface area contributed by atoms with Gasteiger partial charge in [-0.3, -0.25) is 15.0 Å². The Hall–Kier alpha value is -8.15. The number of rotatable bonds is 13. The predicted octanol–water partition coefficient (Wildman–Crippen LogP) is 13.5. The normalized spacial score (nSPS) is 12.2. The standard InChI is InChI=1S/C57H45N5/c1-58-54(46-19-7-3-8-20-46)39-55(47-21-9-4-10-22-47)60-40-42-31-35-44(36-32-42)50-27-15-17-29-52(50)53-30-18-16-28-51(53)45-37-33-43(34-38-45)41-61-57(49-25-13-6-14-26-49)62-56(59-2)48-23-11-5-12-24-48/h3-39H,1-2,40-41H2/b54-39-,60-55?,61-57?,62-56?. The van der Waals surface area contributed by atoms with Crippen LogP contribution >= 0.6 is 0 Å². The van der Waals surface area contributed by atoms with E-state index in [0.717, 1.165) is 72.6 Å². The molecule has 8 aromatic rings. The molecular weight excluding hydrogens is 755 g/mol. The van der Waals surface area contributed by atoms with Gasteiger partial charge in [-0.25, -0.2) is 9.98 Å². The van der Waals surface area contributed by atoms with Crippen molar-refractivity contribution in [2.45, 2.75) is 13.1 Å². The van der Waals surface area contributed by atoms with Gasteiger partial charge in [-0.2, -0.15) is 0 Å². The lowest BCUT2D eigenvalue weighted by molar-refractivity contribution is 1.06. The molecule has 0 saturated carbocycles. The van der Waals surface area contributed by atoms with Crippen LogP contribution in [0.2, 0.25) is 0 Å². The number of hydrogen-bond acceptors (Lipinski definition) is 3. The van der Waals surface area contributed by atoms with Crippen molar-refractivity contribution in [3.63, 3.8) is 0 Å². The monoisotopic (exact) mass is 799 g/mol. The lowest BCUT2D eigenvalue weighted by Gasteiger charge is -2.15. The van der Waals surface area contributed by atoms with Gasteiger partial charge >= 0.3 is 0 Å². The van der Waals surface area contributed by atoms with Crippen molar-refractivity contribution in [1.82, 2.24) is 0 Å². The molecule has 62 heavy (non-hydrogen) atoms. The van der Waals surface area contributed by atoms with Gasteiger partial charge in [0.05, 0.1) is 24.5 Å². The molecule has 8 aromatic carbocycles. The number of benzene rings is 8. The lowest BCUT2D eigenvalue weighted by atomic mass is 9.89. The smallest absolute Gasteiger partial charge is 0.161 e. The molecule has 0 N–H and O–H groups in total. The first-order valence-corrected chi connectivity index (χ1v) is 20.6. The van der Waals surface area contributed by atoms with Gasteiger partial charge in [0.25, 0.3) is 0 Å². The summed E-state index contributed by atoms with van der Waals surface area (Å²) in [6, 6.07) is 74.8. The Bertz CT molecular complexity index is 2680. The van der Waals surface area contributed by atoms with Gasteiger partial charge in [-0.05, 0) is 69.6 Å². The van der Waals surface area contributed by atoms with Crippen molar-refractivity contribution < 1.29 is 0 Å². The Labute approximate surface area is 364 Å². The SMILES string of the molecule is C=NC(=NC(=NCc1ccc(-c2ccccc2-c2ccccc2-c2ccc(CN=C(/C=C(\N=C)c3ccccc3)c3ccccc3)cc2)cc1)c1ccccc1)c1ccccc1. The molecule has 298 valence electrons. The van der Waals surface area contributed by atoms with Gasteiger partial charge in [0.15, 0.2) is 11.7 Å². The van der Waals surface area contributed by atoms with Gasteiger partial charge in [-0.1, -0.05) is 218 Å². The number of hydrogen-bond donors (Lipinski definition) is 0. The highest BCUT2D eigenvalue weighted by atomic mass is 15.0. The quantitative estimate of drug-likeness (QED) is 0.0824. The Kier molecular flexibility index (Phi) is 13.2. The van der Waals surface area contributed by atoms with E-state index in [-0.39, 0.29) is 0 Å². The highest BCUT2D eigenvalue weighted by Crippen LogP contribution is 2.38. The van der Waals surface area contributed by atoms with Crippen LogP contribution in [0.3, 0.4) is 0 Å². The second-order valence-electron chi connectivity index (χ2n) is 14.6.